The Morgan fingerprint density at radius 3 is 2.62 bits per heavy atom. The first-order valence-corrected chi connectivity index (χ1v) is 7.82. The Hall–Kier alpha value is -0.970. The van der Waals surface area contributed by atoms with Gasteiger partial charge in [-0.3, -0.25) is 4.90 Å². The summed E-state index contributed by atoms with van der Waals surface area (Å²) in [4.78, 5) is 4.68. The Morgan fingerprint density at radius 1 is 1.29 bits per heavy atom. The number of aryl methyl sites for hydroxylation is 2. The molecule has 1 saturated heterocycles. The second-order valence-corrected chi connectivity index (χ2v) is 6.32. The molecule has 0 aromatic heterocycles. The lowest BCUT2D eigenvalue weighted by Gasteiger charge is -2.42. The average Bonchev–Trinajstić information content (AvgIpc) is 2.39. The molecular weight excluding hydrogens is 265 g/mol. The highest BCUT2D eigenvalue weighted by atomic mass is 19.1. The summed E-state index contributed by atoms with van der Waals surface area (Å²) < 4.78 is 14.6. The highest BCUT2D eigenvalue weighted by Gasteiger charge is 2.32. The molecule has 0 amide bonds. The number of benzene rings is 1. The fraction of sp³-hybridized carbons (Fsp3) is 0.647. The van der Waals surface area contributed by atoms with Gasteiger partial charge in [-0.1, -0.05) is 13.0 Å². The molecule has 118 valence electrons. The Kier molecular flexibility index (Phi) is 5.36. The fourth-order valence-corrected chi connectivity index (χ4v) is 3.38. The molecule has 2 unspecified atom stereocenters. The molecule has 1 fully saturated rings. The van der Waals surface area contributed by atoms with Crippen LogP contribution in [0.5, 0.6) is 0 Å². The quantitative estimate of drug-likeness (QED) is 0.919. The van der Waals surface area contributed by atoms with Crippen molar-refractivity contribution in [3.05, 3.63) is 34.6 Å². The van der Waals surface area contributed by atoms with Crippen LogP contribution in [0.3, 0.4) is 0 Å². The standard InChI is InChI=1S/C17H28FN3/c1-6-19-17(15-11-20(4)7-8-21(15)5)16-13(3)9-12(2)10-14(16)18/h9-10,15,17,19H,6-8,11H2,1-5H3. The van der Waals surface area contributed by atoms with Gasteiger partial charge in [0.2, 0.25) is 0 Å². The van der Waals surface area contributed by atoms with Gasteiger partial charge in [-0.15, -0.1) is 0 Å². The highest BCUT2D eigenvalue weighted by molar-refractivity contribution is 5.35. The van der Waals surface area contributed by atoms with Crippen molar-refractivity contribution in [1.82, 2.24) is 15.1 Å². The molecule has 4 heteroatoms. The number of piperazine rings is 1. The monoisotopic (exact) mass is 293 g/mol. The lowest BCUT2D eigenvalue weighted by atomic mass is 9.91. The SMILES string of the molecule is CCNC(c1c(C)cc(C)cc1F)C1CN(C)CCN1C. The molecular formula is C17H28FN3. The number of hydrogen-bond donors (Lipinski definition) is 1. The highest BCUT2D eigenvalue weighted by Crippen LogP contribution is 2.29. The minimum atomic E-state index is -0.0833. The third kappa shape index (κ3) is 3.62. The van der Waals surface area contributed by atoms with Crippen LogP contribution in [0.4, 0.5) is 4.39 Å². The number of hydrogen-bond acceptors (Lipinski definition) is 3. The molecule has 1 aromatic carbocycles. The van der Waals surface area contributed by atoms with E-state index >= 15 is 0 Å². The van der Waals surface area contributed by atoms with Crippen LogP contribution in [-0.4, -0.2) is 56.1 Å². The zero-order valence-corrected chi connectivity index (χ0v) is 13.9. The summed E-state index contributed by atoms with van der Waals surface area (Å²) in [5.74, 6) is -0.0833. The maximum Gasteiger partial charge on any atom is 0.128 e. The third-order valence-electron chi connectivity index (χ3n) is 4.50. The van der Waals surface area contributed by atoms with E-state index in [1.54, 1.807) is 6.07 Å². The van der Waals surface area contributed by atoms with E-state index in [4.69, 9.17) is 0 Å². The maximum atomic E-state index is 14.6. The summed E-state index contributed by atoms with van der Waals surface area (Å²) in [5.41, 5.74) is 2.85. The lowest BCUT2D eigenvalue weighted by molar-refractivity contribution is 0.0869. The number of rotatable bonds is 4. The van der Waals surface area contributed by atoms with Crippen LogP contribution in [0.1, 0.15) is 29.7 Å². The Bertz CT molecular complexity index is 466. The van der Waals surface area contributed by atoms with Crippen molar-refractivity contribution in [2.45, 2.75) is 32.9 Å². The summed E-state index contributed by atoms with van der Waals surface area (Å²) in [7, 11) is 4.28. The molecule has 0 aliphatic carbocycles. The van der Waals surface area contributed by atoms with Crippen molar-refractivity contribution in [3.63, 3.8) is 0 Å². The van der Waals surface area contributed by atoms with E-state index in [1.165, 1.54) is 0 Å². The summed E-state index contributed by atoms with van der Waals surface area (Å²) >= 11 is 0. The van der Waals surface area contributed by atoms with Gasteiger partial charge in [-0.2, -0.15) is 0 Å². The van der Waals surface area contributed by atoms with Gasteiger partial charge in [0.15, 0.2) is 0 Å². The summed E-state index contributed by atoms with van der Waals surface area (Å²) in [6, 6.07) is 4.05. The van der Waals surface area contributed by atoms with E-state index in [9.17, 15) is 4.39 Å². The van der Waals surface area contributed by atoms with Crippen molar-refractivity contribution in [2.75, 3.05) is 40.3 Å². The van der Waals surface area contributed by atoms with Gasteiger partial charge in [0, 0.05) is 31.2 Å². The molecule has 0 spiro atoms. The second-order valence-electron chi connectivity index (χ2n) is 6.32. The van der Waals surface area contributed by atoms with Gasteiger partial charge >= 0.3 is 0 Å². The smallest absolute Gasteiger partial charge is 0.128 e. The van der Waals surface area contributed by atoms with Crippen LogP contribution in [-0.2, 0) is 0 Å². The number of nitrogens with one attached hydrogen (secondary N) is 1. The molecule has 1 heterocycles. The first-order chi connectivity index (χ1) is 9.93. The number of likely N-dealkylation sites (N-methyl/N-ethyl adjacent to an activating group) is 3. The molecule has 1 aromatic rings. The predicted octanol–water partition coefficient (Wildman–Crippen LogP) is 2.34. The van der Waals surface area contributed by atoms with Crippen LogP contribution >= 0.6 is 0 Å². The zero-order chi connectivity index (χ0) is 15.6. The number of nitrogens with zero attached hydrogens (tertiary/aromatic N) is 2. The van der Waals surface area contributed by atoms with Crippen LogP contribution in [0.2, 0.25) is 0 Å². The molecule has 1 aliphatic heterocycles. The van der Waals surface area contributed by atoms with Gasteiger partial charge in [0.05, 0.1) is 6.04 Å². The van der Waals surface area contributed by atoms with E-state index in [0.29, 0.717) is 6.04 Å². The molecule has 2 rings (SSSR count). The van der Waals surface area contributed by atoms with Gasteiger partial charge in [0.1, 0.15) is 5.82 Å². The Balaban J connectivity index is 2.39. The van der Waals surface area contributed by atoms with Crippen molar-refractivity contribution in [2.24, 2.45) is 0 Å². The maximum absolute atomic E-state index is 14.6. The average molecular weight is 293 g/mol. The fourth-order valence-electron chi connectivity index (χ4n) is 3.38. The second kappa shape index (κ2) is 6.86. The summed E-state index contributed by atoms with van der Waals surface area (Å²) in [6.07, 6.45) is 0. The molecule has 0 radical (unpaired) electrons. The minimum Gasteiger partial charge on any atom is -0.309 e. The molecule has 2 atom stereocenters. The summed E-state index contributed by atoms with van der Waals surface area (Å²) in [6.45, 7) is 9.94. The Labute approximate surface area is 128 Å². The van der Waals surface area contributed by atoms with E-state index < -0.39 is 0 Å². The summed E-state index contributed by atoms with van der Waals surface area (Å²) in [5, 5.41) is 3.51. The molecule has 0 bridgehead atoms. The van der Waals surface area contributed by atoms with Crippen LogP contribution in [0.15, 0.2) is 12.1 Å². The topological polar surface area (TPSA) is 18.5 Å². The normalized spacial score (nSPS) is 22.5. The molecule has 0 saturated carbocycles. The van der Waals surface area contributed by atoms with E-state index in [2.05, 4.69) is 42.2 Å². The van der Waals surface area contributed by atoms with Crippen molar-refractivity contribution in [1.29, 1.82) is 0 Å². The molecule has 3 nitrogen and oxygen atoms in total. The molecule has 1 N–H and O–H groups in total. The number of halogens is 1. The van der Waals surface area contributed by atoms with Crippen LogP contribution in [0.25, 0.3) is 0 Å². The van der Waals surface area contributed by atoms with Gasteiger partial charge in [-0.05, 0) is 51.7 Å². The molecule has 1 aliphatic rings. The van der Waals surface area contributed by atoms with Gasteiger partial charge in [-0.25, -0.2) is 4.39 Å². The largest absolute Gasteiger partial charge is 0.309 e. The van der Waals surface area contributed by atoms with Crippen molar-refractivity contribution in [3.8, 4) is 0 Å². The first-order valence-electron chi connectivity index (χ1n) is 7.82. The minimum absolute atomic E-state index is 0.0309. The molecule has 21 heavy (non-hydrogen) atoms. The van der Waals surface area contributed by atoms with E-state index in [-0.39, 0.29) is 11.9 Å². The van der Waals surface area contributed by atoms with Crippen LogP contribution < -0.4 is 5.32 Å². The third-order valence-corrected chi connectivity index (χ3v) is 4.50. The zero-order valence-electron chi connectivity index (χ0n) is 13.9. The van der Waals surface area contributed by atoms with Gasteiger partial charge in [0.25, 0.3) is 0 Å². The van der Waals surface area contributed by atoms with Crippen molar-refractivity contribution >= 4 is 0 Å². The van der Waals surface area contributed by atoms with Gasteiger partial charge < -0.3 is 10.2 Å². The van der Waals surface area contributed by atoms with E-state index in [0.717, 1.165) is 42.9 Å². The first kappa shape index (κ1) is 16.4. The lowest BCUT2D eigenvalue weighted by Crippen LogP contribution is -2.55. The van der Waals surface area contributed by atoms with Crippen molar-refractivity contribution < 1.29 is 4.39 Å². The Morgan fingerprint density at radius 2 is 2.00 bits per heavy atom. The van der Waals surface area contributed by atoms with E-state index in [1.807, 2.05) is 13.8 Å². The predicted molar refractivity (Wildman–Crippen MR) is 86.2 cm³/mol. The van der Waals surface area contributed by atoms with Crippen LogP contribution in [0, 0.1) is 19.7 Å².